The average molecular weight is 243 g/mol. The van der Waals surface area contributed by atoms with Crippen molar-refractivity contribution in [2.45, 2.75) is 12.2 Å². The maximum atomic E-state index is 8.57. The third kappa shape index (κ3) is 4.68. The van der Waals surface area contributed by atoms with E-state index in [1.165, 1.54) is 11.8 Å². The molecule has 0 aromatic carbocycles. The number of aromatic nitrogens is 1. The topological polar surface area (TPSA) is 86.5 Å². The van der Waals surface area contributed by atoms with E-state index in [9.17, 15) is 0 Å². The van der Waals surface area contributed by atoms with Gasteiger partial charge in [-0.05, 0) is 11.6 Å². The lowest BCUT2D eigenvalue weighted by molar-refractivity contribution is 1.09. The number of nitrogens with two attached hydrogens (primary N) is 1. The summed E-state index contributed by atoms with van der Waals surface area (Å²) in [5, 5.41) is 15.7. The van der Waals surface area contributed by atoms with Gasteiger partial charge in [0.25, 0.3) is 0 Å². The Morgan fingerprint density at radius 3 is 3.00 bits per heavy atom. The molecule has 0 saturated carbocycles. The summed E-state index contributed by atoms with van der Waals surface area (Å²) < 4.78 is 0. The van der Waals surface area contributed by atoms with Crippen molar-refractivity contribution in [1.82, 2.24) is 4.98 Å². The third-order valence-electron chi connectivity index (χ3n) is 1.62. The van der Waals surface area contributed by atoms with Gasteiger partial charge in [0.1, 0.15) is 0 Å². The maximum absolute atomic E-state index is 8.57. The highest BCUT2D eigenvalue weighted by Gasteiger charge is 2.03. The number of thioether (sulfide) groups is 1. The zero-order chi connectivity index (χ0) is 10.4. The molecule has 0 amide bonds. The fourth-order valence-corrected chi connectivity index (χ4v) is 1.55. The molecule has 6 heteroatoms. The quantitative estimate of drug-likeness (QED) is 0.624. The van der Waals surface area contributed by atoms with Crippen molar-refractivity contribution in [1.29, 1.82) is 10.7 Å². The predicted molar refractivity (Wildman–Crippen MR) is 64.0 cm³/mol. The van der Waals surface area contributed by atoms with E-state index in [1.54, 1.807) is 12.3 Å². The highest BCUT2D eigenvalue weighted by molar-refractivity contribution is 8.13. The fraction of sp³-hybridized carbons (Fsp3) is 0.222. The Balaban J connectivity index is 0.00000196. The van der Waals surface area contributed by atoms with Crippen LogP contribution in [0.5, 0.6) is 0 Å². The molecule has 0 radical (unpaired) electrons. The number of hydrogen-bond donors (Lipinski definition) is 2. The molecular weight excluding hydrogens is 232 g/mol. The van der Waals surface area contributed by atoms with Crippen molar-refractivity contribution in [2.75, 3.05) is 0 Å². The van der Waals surface area contributed by atoms with Crippen LogP contribution in [-0.4, -0.2) is 10.2 Å². The average Bonchev–Trinajstić information content (AvgIpc) is 2.17. The number of amidine groups is 1. The molecule has 0 aliphatic rings. The van der Waals surface area contributed by atoms with E-state index < -0.39 is 0 Å². The van der Waals surface area contributed by atoms with Crippen LogP contribution in [0.2, 0.25) is 0 Å². The van der Waals surface area contributed by atoms with Crippen molar-refractivity contribution in [3.63, 3.8) is 0 Å². The van der Waals surface area contributed by atoms with E-state index >= 15 is 0 Å². The Bertz CT molecular complexity index is 375. The van der Waals surface area contributed by atoms with Crippen LogP contribution in [-0.2, 0) is 12.2 Å². The summed E-state index contributed by atoms with van der Waals surface area (Å²) >= 11 is 1.21. The summed E-state index contributed by atoms with van der Waals surface area (Å²) in [5.41, 5.74) is 6.95. The zero-order valence-corrected chi connectivity index (χ0v) is 9.57. The molecule has 1 aromatic rings. The van der Waals surface area contributed by atoms with Crippen LogP contribution in [0.4, 0.5) is 0 Å². The van der Waals surface area contributed by atoms with Crippen LogP contribution < -0.4 is 5.73 Å². The van der Waals surface area contributed by atoms with Gasteiger partial charge < -0.3 is 5.73 Å². The van der Waals surface area contributed by atoms with E-state index in [4.69, 9.17) is 16.4 Å². The first-order chi connectivity index (χ1) is 6.74. The number of hydrogen-bond acceptors (Lipinski definition) is 4. The summed E-state index contributed by atoms with van der Waals surface area (Å²) in [6.07, 6.45) is 2.03. The first kappa shape index (κ1) is 13.8. The summed E-state index contributed by atoms with van der Waals surface area (Å²) in [7, 11) is 0. The minimum atomic E-state index is 0. The molecule has 4 nitrogen and oxygen atoms in total. The Morgan fingerprint density at radius 2 is 2.40 bits per heavy atom. The molecule has 0 atom stereocenters. The molecule has 1 heterocycles. The fourth-order valence-electron chi connectivity index (χ4n) is 0.993. The number of nitriles is 1. The molecule has 0 aliphatic carbocycles. The van der Waals surface area contributed by atoms with Gasteiger partial charge in [-0.3, -0.25) is 10.4 Å². The Morgan fingerprint density at radius 1 is 1.67 bits per heavy atom. The summed E-state index contributed by atoms with van der Waals surface area (Å²) in [5.74, 6) is 0.549. The monoisotopic (exact) mass is 242 g/mol. The molecule has 1 aromatic heterocycles. The molecule has 0 unspecified atom stereocenters. The minimum absolute atomic E-state index is 0. The van der Waals surface area contributed by atoms with Crippen molar-refractivity contribution in [3.05, 3.63) is 29.6 Å². The first-order valence-electron chi connectivity index (χ1n) is 4.00. The highest BCUT2D eigenvalue weighted by atomic mass is 35.5. The summed E-state index contributed by atoms with van der Waals surface area (Å²) in [6, 6.07) is 5.75. The van der Waals surface area contributed by atoms with E-state index in [0.717, 1.165) is 11.3 Å². The Kier molecular flexibility index (Phi) is 6.50. The summed E-state index contributed by atoms with van der Waals surface area (Å²) in [6.45, 7) is 0. The van der Waals surface area contributed by atoms with Gasteiger partial charge in [-0.15, -0.1) is 12.4 Å². The number of halogens is 1. The number of pyridine rings is 1. The molecule has 1 rings (SSSR count). The zero-order valence-electron chi connectivity index (χ0n) is 7.93. The molecule has 0 bridgehead atoms. The van der Waals surface area contributed by atoms with E-state index in [-0.39, 0.29) is 17.6 Å². The van der Waals surface area contributed by atoms with E-state index in [0.29, 0.717) is 12.2 Å². The van der Waals surface area contributed by atoms with Crippen LogP contribution in [0.3, 0.4) is 0 Å². The number of rotatable bonds is 3. The molecule has 0 spiro atoms. The van der Waals surface area contributed by atoms with Crippen LogP contribution in [0.1, 0.15) is 11.3 Å². The van der Waals surface area contributed by atoms with Crippen LogP contribution in [0, 0.1) is 16.7 Å². The molecule has 15 heavy (non-hydrogen) atoms. The van der Waals surface area contributed by atoms with Crippen LogP contribution >= 0.6 is 24.2 Å². The maximum Gasteiger partial charge on any atom is 0.151 e. The van der Waals surface area contributed by atoms with Gasteiger partial charge in [-0.2, -0.15) is 5.26 Å². The van der Waals surface area contributed by atoms with Crippen molar-refractivity contribution in [3.8, 4) is 6.07 Å². The van der Waals surface area contributed by atoms with Gasteiger partial charge >= 0.3 is 0 Å². The van der Waals surface area contributed by atoms with Gasteiger partial charge in [-0.25, -0.2) is 0 Å². The second-order valence-corrected chi connectivity index (χ2v) is 3.61. The lowest BCUT2D eigenvalue weighted by Gasteiger charge is -2.03. The van der Waals surface area contributed by atoms with Gasteiger partial charge in [0, 0.05) is 11.9 Å². The van der Waals surface area contributed by atoms with Gasteiger partial charge in [0.05, 0.1) is 18.2 Å². The molecule has 0 saturated heterocycles. The molecule has 3 N–H and O–H groups in total. The molecular formula is C9H11ClN4S. The largest absolute Gasteiger partial charge is 0.379 e. The van der Waals surface area contributed by atoms with E-state index in [1.807, 2.05) is 6.07 Å². The number of nitrogens with one attached hydrogen (secondary N) is 1. The SMILES string of the molecule is Cl.N#CCc1cccnc1CSC(=N)N. The van der Waals surface area contributed by atoms with Crippen LogP contribution in [0.25, 0.3) is 0 Å². The number of nitrogens with zero attached hydrogens (tertiary/aromatic N) is 2. The van der Waals surface area contributed by atoms with Gasteiger partial charge in [0.15, 0.2) is 5.17 Å². The lowest BCUT2D eigenvalue weighted by Crippen LogP contribution is -2.05. The smallest absolute Gasteiger partial charge is 0.151 e. The van der Waals surface area contributed by atoms with Crippen LogP contribution in [0.15, 0.2) is 18.3 Å². The Labute approximate surface area is 98.8 Å². The molecule has 80 valence electrons. The normalized spacial score (nSPS) is 8.73. The second kappa shape index (κ2) is 7.10. The lowest BCUT2D eigenvalue weighted by atomic mass is 10.1. The highest BCUT2D eigenvalue weighted by Crippen LogP contribution is 2.13. The van der Waals surface area contributed by atoms with Gasteiger partial charge in [-0.1, -0.05) is 17.8 Å². The predicted octanol–water partition coefficient (Wildman–Crippen LogP) is 1.70. The third-order valence-corrected chi connectivity index (χ3v) is 2.35. The van der Waals surface area contributed by atoms with Crippen molar-refractivity contribution in [2.24, 2.45) is 5.73 Å². The summed E-state index contributed by atoms with van der Waals surface area (Å²) in [4.78, 5) is 4.15. The molecule has 0 fully saturated rings. The van der Waals surface area contributed by atoms with Gasteiger partial charge in [0.2, 0.25) is 0 Å². The Hall–Kier alpha value is -1.25. The standard InChI is InChI=1S/C9H10N4S.ClH/c10-4-3-7-2-1-5-13-8(7)6-14-9(11)12;/h1-2,5H,3,6H2,(H3,11,12);1H. The van der Waals surface area contributed by atoms with Crippen molar-refractivity contribution < 1.29 is 0 Å². The minimum Gasteiger partial charge on any atom is -0.379 e. The first-order valence-corrected chi connectivity index (χ1v) is 4.99. The molecule has 0 aliphatic heterocycles. The second-order valence-electron chi connectivity index (χ2n) is 2.60. The van der Waals surface area contributed by atoms with E-state index in [2.05, 4.69) is 11.1 Å². The van der Waals surface area contributed by atoms with Crippen molar-refractivity contribution >= 4 is 29.3 Å².